The topological polar surface area (TPSA) is 21.3 Å². The summed E-state index contributed by atoms with van der Waals surface area (Å²) in [6.07, 6.45) is 9.48. The minimum absolute atomic E-state index is 0.482. The molecule has 100 valence electrons. The van der Waals surface area contributed by atoms with Gasteiger partial charge in [-0.2, -0.15) is 0 Å². The SMILES string of the molecule is CC1CCCC(NCC2(C)CCOCC2)CC1. The van der Waals surface area contributed by atoms with Crippen LogP contribution in [0.25, 0.3) is 0 Å². The van der Waals surface area contributed by atoms with E-state index in [0.717, 1.165) is 25.2 Å². The summed E-state index contributed by atoms with van der Waals surface area (Å²) in [7, 11) is 0. The van der Waals surface area contributed by atoms with Gasteiger partial charge in [-0.05, 0) is 43.4 Å². The predicted molar refractivity (Wildman–Crippen MR) is 72.2 cm³/mol. The molecule has 1 heterocycles. The fourth-order valence-electron chi connectivity index (χ4n) is 3.12. The van der Waals surface area contributed by atoms with Gasteiger partial charge in [0, 0.05) is 25.8 Å². The molecular formula is C15H29NO. The van der Waals surface area contributed by atoms with Gasteiger partial charge in [0.1, 0.15) is 0 Å². The standard InChI is InChI=1S/C15H29NO/c1-13-4-3-5-14(7-6-13)16-12-15(2)8-10-17-11-9-15/h13-14,16H,3-12H2,1-2H3. The molecule has 0 aromatic rings. The number of hydrogen-bond donors (Lipinski definition) is 1. The van der Waals surface area contributed by atoms with Crippen molar-refractivity contribution in [3.05, 3.63) is 0 Å². The molecule has 2 nitrogen and oxygen atoms in total. The van der Waals surface area contributed by atoms with Gasteiger partial charge in [-0.1, -0.05) is 26.7 Å². The quantitative estimate of drug-likeness (QED) is 0.763. The minimum atomic E-state index is 0.482. The van der Waals surface area contributed by atoms with Crippen molar-refractivity contribution in [3.8, 4) is 0 Å². The van der Waals surface area contributed by atoms with Crippen molar-refractivity contribution in [1.29, 1.82) is 0 Å². The Balaban J connectivity index is 1.73. The first-order valence-electron chi connectivity index (χ1n) is 7.49. The van der Waals surface area contributed by atoms with Crippen molar-refractivity contribution < 1.29 is 4.74 Å². The zero-order valence-electron chi connectivity index (χ0n) is 11.6. The molecular weight excluding hydrogens is 210 g/mol. The second-order valence-corrected chi connectivity index (χ2v) is 6.61. The predicted octanol–water partition coefficient (Wildman–Crippen LogP) is 3.36. The van der Waals surface area contributed by atoms with Crippen LogP contribution in [-0.2, 0) is 4.74 Å². The van der Waals surface area contributed by atoms with Crippen LogP contribution in [0.2, 0.25) is 0 Å². The molecule has 1 aliphatic carbocycles. The lowest BCUT2D eigenvalue weighted by atomic mass is 9.82. The van der Waals surface area contributed by atoms with Crippen LogP contribution in [0.3, 0.4) is 0 Å². The molecule has 0 radical (unpaired) electrons. The fraction of sp³-hybridized carbons (Fsp3) is 1.00. The van der Waals surface area contributed by atoms with Gasteiger partial charge in [-0.25, -0.2) is 0 Å². The monoisotopic (exact) mass is 239 g/mol. The Morgan fingerprint density at radius 3 is 2.65 bits per heavy atom. The Morgan fingerprint density at radius 1 is 1.12 bits per heavy atom. The number of hydrogen-bond acceptors (Lipinski definition) is 2. The van der Waals surface area contributed by atoms with E-state index in [0.29, 0.717) is 5.41 Å². The second kappa shape index (κ2) is 6.19. The van der Waals surface area contributed by atoms with Crippen molar-refractivity contribution in [1.82, 2.24) is 5.32 Å². The summed E-state index contributed by atoms with van der Waals surface area (Å²) in [4.78, 5) is 0. The van der Waals surface area contributed by atoms with E-state index in [1.807, 2.05) is 0 Å². The minimum Gasteiger partial charge on any atom is -0.381 e. The molecule has 0 bridgehead atoms. The molecule has 0 amide bonds. The molecule has 1 saturated carbocycles. The first-order valence-corrected chi connectivity index (χ1v) is 7.49. The molecule has 2 rings (SSSR count). The first kappa shape index (κ1) is 13.4. The van der Waals surface area contributed by atoms with Gasteiger partial charge < -0.3 is 10.1 Å². The van der Waals surface area contributed by atoms with Gasteiger partial charge in [-0.3, -0.25) is 0 Å². The van der Waals surface area contributed by atoms with Crippen molar-refractivity contribution in [2.75, 3.05) is 19.8 Å². The summed E-state index contributed by atoms with van der Waals surface area (Å²) < 4.78 is 5.46. The van der Waals surface area contributed by atoms with Crippen molar-refractivity contribution in [2.24, 2.45) is 11.3 Å². The molecule has 2 heteroatoms. The number of nitrogens with one attached hydrogen (secondary N) is 1. The van der Waals surface area contributed by atoms with Crippen molar-refractivity contribution in [3.63, 3.8) is 0 Å². The van der Waals surface area contributed by atoms with E-state index < -0.39 is 0 Å². The van der Waals surface area contributed by atoms with Crippen LogP contribution in [0, 0.1) is 11.3 Å². The third-order valence-electron chi connectivity index (χ3n) is 4.77. The van der Waals surface area contributed by atoms with Crippen LogP contribution in [-0.4, -0.2) is 25.8 Å². The summed E-state index contributed by atoms with van der Waals surface area (Å²) in [6, 6.07) is 0.777. The number of ether oxygens (including phenoxy) is 1. The summed E-state index contributed by atoms with van der Waals surface area (Å²) in [5.74, 6) is 0.945. The molecule has 2 atom stereocenters. The van der Waals surface area contributed by atoms with Gasteiger partial charge in [0.2, 0.25) is 0 Å². The van der Waals surface area contributed by atoms with Gasteiger partial charge in [0.05, 0.1) is 0 Å². The zero-order valence-corrected chi connectivity index (χ0v) is 11.6. The molecule has 0 spiro atoms. The summed E-state index contributed by atoms with van der Waals surface area (Å²) in [6.45, 7) is 7.93. The smallest absolute Gasteiger partial charge is 0.0471 e. The maximum atomic E-state index is 5.46. The molecule has 2 unspecified atom stereocenters. The molecule has 1 saturated heterocycles. The Kier molecular flexibility index (Phi) is 4.87. The van der Waals surface area contributed by atoms with Crippen LogP contribution < -0.4 is 5.32 Å². The van der Waals surface area contributed by atoms with E-state index in [1.54, 1.807) is 0 Å². The van der Waals surface area contributed by atoms with E-state index in [2.05, 4.69) is 19.2 Å². The maximum absolute atomic E-state index is 5.46. The Bertz CT molecular complexity index is 223. The third kappa shape index (κ3) is 4.26. The Hall–Kier alpha value is -0.0800. The highest BCUT2D eigenvalue weighted by Crippen LogP contribution is 2.30. The van der Waals surface area contributed by atoms with Crippen molar-refractivity contribution >= 4 is 0 Å². The van der Waals surface area contributed by atoms with Crippen LogP contribution in [0.4, 0.5) is 0 Å². The average molecular weight is 239 g/mol. The highest BCUT2D eigenvalue weighted by atomic mass is 16.5. The molecule has 1 aliphatic heterocycles. The Labute approximate surface area is 107 Å². The lowest BCUT2D eigenvalue weighted by Crippen LogP contribution is -2.41. The zero-order chi connectivity index (χ0) is 12.1. The fourth-order valence-corrected chi connectivity index (χ4v) is 3.12. The number of rotatable bonds is 3. The highest BCUT2D eigenvalue weighted by molar-refractivity contribution is 4.82. The molecule has 2 fully saturated rings. The molecule has 0 aromatic carbocycles. The van der Waals surface area contributed by atoms with Crippen LogP contribution in [0.5, 0.6) is 0 Å². The van der Waals surface area contributed by atoms with Crippen LogP contribution in [0.15, 0.2) is 0 Å². The molecule has 17 heavy (non-hydrogen) atoms. The second-order valence-electron chi connectivity index (χ2n) is 6.61. The van der Waals surface area contributed by atoms with Gasteiger partial charge in [0.15, 0.2) is 0 Å². The lowest BCUT2D eigenvalue weighted by Gasteiger charge is -2.35. The van der Waals surface area contributed by atoms with E-state index in [9.17, 15) is 0 Å². The van der Waals surface area contributed by atoms with E-state index in [1.165, 1.54) is 51.5 Å². The average Bonchev–Trinajstić information content (AvgIpc) is 2.53. The van der Waals surface area contributed by atoms with Crippen LogP contribution in [0.1, 0.15) is 58.8 Å². The summed E-state index contributed by atoms with van der Waals surface area (Å²) in [5.41, 5.74) is 0.482. The van der Waals surface area contributed by atoms with Gasteiger partial charge >= 0.3 is 0 Å². The van der Waals surface area contributed by atoms with E-state index >= 15 is 0 Å². The van der Waals surface area contributed by atoms with Gasteiger partial charge in [-0.15, -0.1) is 0 Å². The third-order valence-corrected chi connectivity index (χ3v) is 4.77. The normalized spacial score (nSPS) is 34.2. The lowest BCUT2D eigenvalue weighted by molar-refractivity contribution is 0.0226. The summed E-state index contributed by atoms with van der Waals surface area (Å²) in [5, 5.41) is 3.84. The summed E-state index contributed by atoms with van der Waals surface area (Å²) >= 11 is 0. The Morgan fingerprint density at radius 2 is 1.88 bits per heavy atom. The van der Waals surface area contributed by atoms with E-state index in [4.69, 9.17) is 4.74 Å². The largest absolute Gasteiger partial charge is 0.381 e. The highest BCUT2D eigenvalue weighted by Gasteiger charge is 2.28. The molecule has 0 aromatic heterocycles. The van der Waals surface area contributed by atoms with Crippen LogP contribution >= 0.6 is 0 Å². The van der Waals surface area contributed by atoms with Gasteiger partial charge in [0.25, 0.3) is 0 Å². The van der Waals surface area contributed by atoms with E-state index in [-0.39, 0.29) is 0 Å². The molecule has 1 N–H and O–H groups in total. The van der Waals surface area contributed by atoms with Crippen molar-refractivity contribution in [2.45, 2.75) is 64.8 Å². The molecule has 2 aliphatic rings. The maximum Gasteiger partial charge on any atom is 0.0471 e. The first-order chi connectivity index (χ1) is 8.18.